The Balaban J connectivity index is 1.87. The Morgan fingerprint density at radius 3 is 3.00 bits per heavy atom. The van der Waals surface area contributed by atoms with Gasteiger partial charge in [0.05, 0.1) is 6.26 Å². The third kappa shape index (κ3) is 5.59. The van der Waals surface area contributed by atoms with Gasteiger partial charge in [0.15, 0.2) is 5.96 Å². The first-order valence-corrected chi connectivity index (χ1v) is 9.62. The number of aliphatic imine (C=N–C) groups is 1. The lowest BCUT2D eigenvalue weighted by atomic mass is 10.2. The van der Waals surface area contributed by atoms with E-state index in [1.165, 1.54) is 19.3 Å². The van der Waals surface area contributed by atoms with E-state index in [2.05, 4.69) is 30.7 Å². The lowest BCUT2D eigenvalue weighted by Gasteiger charge is -2.21. The number of nitrogens with one attached hydrogen (secondary N) is 2. The van der Waals surface area contributed by atoms with Crippen molar-refractivity contribution >= 4 is 17.7 Å². The Bertz CT molecular complexity index is 447. The van der Waals surface area contributed by atoms with Crippen molar-refractivity contribution in [3.63, 3.8) is 0 Å². The Morgan fingerprint density at radius 2 is 2.36 bits per heavy atom. The van der Waals surface area contributed by atoms with Gasteiger partial charge in [-0.1, -0.05) is 6.92 Å². The fraction of sp³-hybridized carbons (Fsp3) is 0.706. The van der Waals surface area contributed by atoms with Gasteiger partial charge in [0.2, 0.25) is 0 Å². The van der Waals surface area contributed by atoms with Crippen molar-refractivity contribution in [3.05, 3.63) is 24.2 Å². The zero-order valence-electron chi connectivity index (χ0n) is 14.0. The normalized spacial score (nSPS) is 23.5. The highest BCUT2D eigenvalue weighted by Crippen LogP contribution is 2.28. The summed E-state index contributed by atoms with van der Waals surface area (Å²) in [4.78, 5) is 4.73. The van der Waals surface area contributed by atoms with Crippen LogP contribution < -0.4 is 10.6 Å². The zero-order chi connectivity index (χ0) is 15.8. The predicted molar refractivity (Wildman–Crippen MR) is 95.7 cm³/mol. The van der Waals surface area contributed by atoms with Crippen molar-refractivity contribution in [2.24, 2.45) is 4.99 Å². The molecule has 0 saturated heterocycles. The van der Waals surface area contributed by atoms with Gasteiger partial charge in [-0.2, -0.15) is 11.8 Å². The SMILES string of the molecule is CCC(C)NC(=NCCc1ccco1)NC1CCC(SC)C1. The van der Waals surface area contributed by atoms with Crippen LogP contribution in [0.5, 0.6) is 0 Å². The Morgan fingerprint density at radius 1 is 1.50 bits per heavy atom. The summed E-state index contributed by atoms with van der Waals surface area (Å²) in [5, 5.41) is 7.93. The molecule has 1 fully saturated rings. The van der Waals surface area contributed by atoms with Gasteiger partial charge in [0, 0.05) is 30.3 Å². The van der Waals surface area contributed by atoms with Crippen LogP contribution >= 0.6 is 11.8 Å². The molecule has 1 aromatic heterocycles. The van der Waals surface area contributed by atoms with Gasteiger partial charge < -0.3 is 15.1 Å². The van der Waals surface area contributed by atoms with Crippen LogP contribution in [0.15, 0.2) is 27.8 Å². The molecule has 1 aliphatic carbocycles. The fourth-order valence-electron chi connectivity index (χ4n) is 2.68. The monoisotopic (exact) mass is 323 g/mol. The number of guanidine groups is 1. The van der Waals surface area contributed by atoms with Crippen LogP contribution in [-0.2, 0) is 6.42 Å². The molecule has 0 bridgehead atoms. The highest BCUT2D eigenvalue weighted by atomic mass is 32.2. The van der Waals surface area contributed by atoms with Crippen molar-refractivity contribution in [1.29, 1.82) is 0 Å². The van der Waals surface area contributed by atoms with E-state index in [9.17, 15) is 0 Å². The van der Waals surface area contributed by atoms with Gasteiger partial charge in [-0.05, 0) is 51.0 Å². The Kier molecular flexibility index (Phi) is 7.16. The van der Waals surface area contributed by atoms with Crippen LogP contribution in [0.25, 0.3) is 0 Å². The summed E-state index contributed by atoms with van der Waals surface area (Å²) in [5.41, 5.74) is 0. The molecule has 3 unspecified atom stereocenters. The van der Waals surface area contributed by atoms with Gasteiger partial charge in [0.1, 0.15) is 5.76 Å². The number of rotatable bonds is 7. The average Bonchev–Trinajstić information content (AvgIpc) is 3.18. The highest BCUT2D eigenvalue weighted by Gasteiger charge is 2.24. The minimum Gasteiger partial charge on any atom is -0.469 e. The van der Waals surface area contributed by atoms with E-state index in [1.54, 1.807) is 6.26 Å². The standard InChI is InChI=1S/C17H29N3OS/c1-4-13(2)19-17(18-10-9-15-6-5-11-21-15)20-14-7-8-16(12-14)22-3/h5-6,11,13-14,16H,4,7-10,12H2,1-3H3,(H2,18,19,20). The van der Waals surface area contributed by atoms with Gasteiger partial charge in [-0.3, -0.25) is 4.99 Å². The first-order valence-electron chi connectivity index (χ1n) is 8.34. The Labute approximate surface area is 138 Å². The van der Waals surface area contributed by atoms with Gasteiger partial charge in [-0.25, -0.2) is 0 Å². The van der Waals surface area contributed by atoms with Crippen molar-refractivity contribution in [3.8, 4) is 0 Å². The van der Waals surface area contributed by atoms with Gasteiger partial charge in [0.25, 0.3) is 0 Å². The van der Waals surface area contributed by atoms with E-state index in [0.717, 1.165) is 36.4 Å². The highest BCUT2D eigenvalue weighted by molar-refractivity contribution is 7.99. The lowest BCUT2D eigenvalue weighted by molar-refractivity contribution is 0.510. The molecule has 124 valence electrons. The average molecular weight is 324 g/mol. The van der Waals surface area contributed by atoms with Crippen molar-refractivity contribution in [2.75, 3.05) is 12.8 Å². The maximum atomic E-state index is 5.37. The van der Waals surface area contributed by atoms with Crippen LogP contribution in [0.3, 0.4) is 0 Å². The van der Waals surface area contributed by atoms with Crippen molar-refractivity contribution in [2.45, 2.75) is 63.3 Å². The molecule has 2 rings (SSSR count). The molecule has 1 aromatic rings. The summed E-state index contributed by atoms with van der Waals surface area (Å²) in [6.45, 7) is 5.14. The molecule has 1 heterocycles. The summed E-state index contributed by atoms with van der Waals surface area (Å²) < 4.78 is 5.37. The molecule has 1 saturated carbocycles. The number of thioether (sulfide) groups is 1. The second-order valence-corrected chi connectivity index (χ2v) is 7.16. The molecule has 1 aliphatic rings. The summed E-state index contributed by atoms with van der Waals surface area (Å²) in [6.07, 6.45) is 9.66. The molecule has 5 heteroatoms. The minimum absolute atomic E-state index is 0.438. The van der Waals surface area contributed by atoms with Crippen LogP contribution in [-0.4, -0.2) is 36.1 Å². The van der Waals surface area contributed by atoms with Crippen LogP contribution in [0, 0.1) is 0 Å². The maximum Gasteiger partial charge on any atom is 0.191 e. The van der Waals surface area contributed by atoms with E-state index in [1.807, 2.05) is 23.9 Å². The molecule has 0 spiro atoms. The number of hydrogen-bond acceptors (Lipinski definition) is 3. The summed E-state index contributed by atoms with van der Waals surface area (Å²) >= 11 is 1.99. The molecule has 0 radical (unpaired) electrons. The van der Waals surface area contributed by atoms with Crippen LogP contribution in [0.2, 0.25) is 0 Å². The first kappa shape index (κ1) is 17.3. The van der Waals surface area contributed by atoms with Crippen molar-refractivity contribution < 1.29 is 4.42 Å². The smallest absolute Gasteiger partial charge is 0.191 e. The van der Waals surface area contributed by atoms with Crippen LogP contribution in [0.1, 0.15) is 45.3 Å². The topological polar surface area (TPSA) is 49.6 Å². The van der Waals surface area contributed by atoms with Gasteiger partial charge in [-0.15, -0.1) is 0 Å². The molecule has 0 aromatic carbocycles. The molecular weight excluding hydrogens is 294 g/mol. The number of furan rings is 1. The largest absolute Gasteiger partial charge is 0.469 e. The summed E-state index contributed by atoms with van der Waals surface area (Å²) in [7, 11) is 0. The Hall–Kier alpha value is -1.10. The molecule has 3 atom stereocenters. The molecule has 2 N–H and O–H groups in total. The predicted octanol–water partition coefficient (Wildman–Crippen LogP) is 3.44. The van der Waals surface area contributed by atoms with E-state index >= 15 is 0 Å². The van der Waals surface area contributed by atoms with Gasteiger partial charge >= 0.3 is 0 Å². The van der Waals surface area contributed by atoms with Crippen molar-refractivity contribution in [1.82, 2.24) is 10.6 Å². The number of nitrogens with zero attached hydrogens (tertiary/aromatic N) is 1. The minimum atomic E-state index is 0.438. The molecule has 0 aliphatic heterocycles. The maximum absolute atomic E-state index is 5.37. The number of hydrogen-bond donors (Lipinski definition) is 2. The third-order valence-electron chi connectivity index (χ3n) is 4.26. The van der Waals surface area contributed by atoms with Crippen LogP contribution in [0.4, 0.5) is 0 Å². The van der Waals surface area contributed by atoms with E-state index in [0.29, 0.717) is 12.1 Å². The van der Waals surface area contributed by atoms with E-state index in [-0.39, 0.29) is 0 Å². The summed E-state index contributed by atoms with van der Waals surface area (Å²) in [5.74, 6) is 1.95. The van der Waals surface area contributed by atoms with E-state index in [4.69, 9.17) is 9.41 Å². The molecule has 0 amide bonds. The molecular formula is C17H29N3OS. The lowest BCUT2D eigenvalue weighted by Crippen LogP contribution is -2.46. The molecule has 22 heavy (non-hydrogen) atoms. The zero-order valence-corrected chi connectivity index (χ0v) is 14.8. The summed E-state index contributed by atoms with van der Waals surface area (Å²) in [6, 6.07) is 4.92. The molecule has 4 nitrogen and oxygen atoms in total. The fourth-order valence-corrected chi connectivity index (χ4v) is 3.48. The quantitative estimate of drug-likeness (QED) is 0.596. The third-order valence-corrected chi connectivity index (χ3v) is 5.36. The first-order chi connectivity index (χ1) is 10.7. The second-order valence-electron chi connectivity index (χ2n) is 6.03. The second kappa shape index (κ2) is 9.13. The van der Waals surface area contributed by atoms with E-state index < -0.39 is 0 Å².